The van der Waals surface area contributed by atoms with Gasteiger partial charge in [-0.2, -0.15) is 5.10 Å². The lowest BCUT2D eigenvalue weighted by Crippen LogP contribution is -2.31. The van der Waals surface area contributed by atoms with Crippen molar-refractivity contribution in [1.29, 1.82) is 0 Å². The summed E-state index contributed by atoms with van der Waals surface area (Å²) in [5.41, 5.74) is 3.74. The van der Waals surface area contributed by atoms with Crippen LogP contribution in [0, 0.1) is 13.8 Å². The van der Waals surface area contributed by atoms with Gasteiger partial charge in [0.15, 0.2) is 6.61 Å². The van der Waals surface area contributed by atoms with E-state index in [0.29, 0.717) is 30.0 Å². The second-order valence-corrected chi connectivity index (χ2v) is 7.36. The minimum absolute atomic E-state index is 0.281. The zero-order chi connectivity index (χ0) is 22.4. The van der Waals surface area contributed by atoms with Crippen LogP contribution in [0.1, 0.15) is 32.9 Å². The number of esters is 1. The Labute approximate surface area is 182 Å². The minimum atomic E-state index is -0.541. The highest BCUT2D eigenvalue weighted by Gasteiger charge is 2.21. The zero-order valence-corrected chi connectivity index (χ0v) is 18.3. The van der Waals surface area contributed by atoms with E-state index in [2.05, 4.69) is 5.10 Å². The Bertz CT molecular complexity index is 1040. The number of likely N-dealkylation sites (N-methyl/N-ethyl adjacent to an activating group) is 1. The van der Waals surface area contributed by atoms with Gasteiger partial charge in [-0.15, -0.1) is 0 Å². The van der Waals surface area contributed by atoms with E-state index < -0.39 is 5.97 Å². The first-order chi connectivity index (χ1) is 14.9. The lowest BCUT2D eigenvalue weighted by atomic mass is 10.2. The van der Waals surface area contributed by atoms with Crippen LogP contribution >= 0.6 is 0 Å². The van der Waals surface area contributed by atoms with Crippen LogP contribution in [0.5, 0.6) is 5.75 Å². The Morgan fingerprint density at radius 3 is 2.32 bits per heavy atom. The fraction of sp³-hybridized carbons (Fsp3) is 0.292. The van der Waals surface area contributed by atoms with Crippen molar-refractivity contribution < 1.29 is 19.1 Å². The quantitative estimate of drug-likeness (QED) is 0.522. The van der Waals surface area contributed by atoms with Crippen molar-refractivity contribution in [2.45, 2.75) is 26.9 Å². The number of methoxy groups -OCH3 is 1. The minimum Gasteiger partial charge on any atom is -0.497 e. The van der Waals surface area contributed by atoms with Gasteiger partial charge < -0.3 is 14.4 Å². The number of benzene rings is 2. The molecule has 0 atom stereocenters. The van der Waals surface area contributed by atoms with Gasteiger partial charge in [-0.3, -0.25) is 9.48 Å². The fourth-order valence-electron chi connectivity index (χ4n) is 3.31. The zero-order valence-electron chi connectivity index (χ0n) is 18.3. The molecule has 0 aliphatic heterocycles. The molecule has 3 rings (SSSR count). The number of amides is 1. The Hall–Kier alpha value is -3.61. The molecule has 1 aromatic heterocycles. The van der Waals surface area contributed by atoms with Crippen molar-refractivity contribution in [3.63, 3.8) is 0 Å². The number of nitrogens with zero attached hydrogens (tertiary/aromatic N) is 3. The van der Waals surface area contributed by atoms with Crippen LogP contribution < -0.4 is 4.74 Å². The molecule has 3 aromatic rings. The topological polar surface area (TPSA) is 73.7 Å². The molecule has 0 saturated carbocycles. The molecule has 0 radical (unpaired) electrons. The fourth-order valence-corrected chi connectivity index (χ4v) is 3.31. The number of rotatable bonds is 8. The highest BCUT2D eigenvalue weighted by atomic mass is 16.5. The first kappa shape index (κ1) is 22.1. The smallest absolute Gasteiger partial charge is 0.342 e. The first-order valence-corrected chi connectivity index (χ1v) is 10.0. The lowest BCUT2D eigenvalue weighted by molar-refractivity contribution is -0.133. The van der Waals surface area contributed by atoms with Crippen LogP contribution in [0.15, 0.2) is 54.6 Å². The number of ether oxygens (including phenoxy) is 2. The molecule has 0 aliphatic carbocycles. The predicted molar refractivity (Wildman–Crippen MR) is 117 cm³/mol. The van der Waals surface area contributed by atoms with Crippen LogP contribution in [-0.2, 0) is 22.6 Å². The van der Waals surface area contributed by atoms with Gasteiger partial charge in [-0.25, -0.2) is 4.79 Å². The van der Waals surface area contributed by atoms with E-state index in [1.165, 1.54) is 4.90 Å². The van der Waals surface area contributed by atoms with Crippen LogP contribution in [0.25, 0.3) is 0 Å². The molecule has 31 heavy (non-hydrogen) atoms. The molecule has 162 valence electrons. The summed E-state index contributed by atoms with van der Waals surface area (Å²) in [7, 11) is 3.28. The Morgan fingerprint density at radius 1 is 1.00 bits per heavy atom. The van der Waals surface area contributed by atoms with Crippen molar-refractivity contribution in [2.24, 2.45) is 0 Å². The van der Waals surface area contributed by atoms with E-state index in [4.69, 9.17) is 9.47 Å². The predicted octanol–water partition coefficient (Wildman–Crippen LogP) is 3.37. The number of carbonyl (C=O) groups excluding carboxylic acids is 2. The molecule has 0 bridgehead atoms. The molecular formula is C24H27N3O4. The van der Waals surface area contributed by atoms with Gasteiger partial charge in [0.05, 0.1) is 25.0 Å². The van der Waals surface area contributed by atoms with E-state index in [1.54, 1.807) is 25.8 Å². The monoisotopic (exact) mass is 421 g/mol. The Kier molecular flexibility index (Phi) is 7.07. The maximum Gasteiger partial charge on any atom is 0.342 e. The molecule has 0 aliphatic rings. The molecule has 7 nitrogen and oxygen atoms in total. The summed E-state index contributed by atoms with van der Waals surface area (Å²) in [5.74, 6) is -0.0677. The highest BCUT2D eigenvalue weighted by molar-refractivity contribution is 5.93. The van der Waals surface area contributed by atoms with Crippen molar-refractivity contribution in [3.05, 3.63) is 82.7 Å². The Morgan fingerprint density at radius 2 is 1.68 bits per heavy atom. The number of hydrogen-bond acceptors (Lipinski definition) is 5. The second-order valence-electron chi connectivity index (χ2n) is 7.36. The van der Waals surface area contributed by atoms with Gasteiger partial charge in [0, 0.05) is 13.6 Å². The van der Waals surface area contributed by atoms with Crippen LogP contribution in [0.2, 0.25) is 0 Å². The van der Waals surface area contributed by atoms with Gasteiger partial charge in [-0.1, -0.05) is 42.5 Å². The molecule has 0 saturated heterocycles. The second kappa shape index (κ2) is 9.93. The third-order valence-corrected chi connectivity index (χ3v) is 5.09. The SMILES string of the molecule is COc1ccc(CN(C)C(=O)COC(=O)c2c(C)nn(Cc3ccccc3)c2C)cc1. The van der Waals surface area contributed by atoms with Gasteiger partial charge in [0.2, 0.25) is 0 Å². The third kappa shape index (κ3) is 5.51. The van der Waals surface area contributed by atoms with Crippen LogP contribution in [-0.4, -0.2) is 47.3 Å². The van der Waals surface area contributed by atoms with Crippen molar-refractivity contribution in [1.82, 2.24) is 14.7 Å². The van der Waals surface area contributed by atoms with Gasteiger partial charge in [0.25, 0.3) is 5.91 Å². The number of carbonyl (C=O) groups is 2. The van der Waals surface area contributed by atoms with Crippen molar-refractivity contribution >= 4 is 11.9 Å². The van der Waals surface area contributed by atoms with Gasteiger partial charge in [-0.05, 0) is 37.1 Å². The van der Waals surface area contributed by atoms with Crippen LogP contribution in [0.4, 0.5) is 0 Å². The molecule has 0 unspecified atom stereocenters. The molecule has 1 heterocycles. The molecule has 0 fully saturated rings. The maximum atomic E-state index is 12.6. The average molecular weight is 421 g/mol. The molecule has 7 heteroatoms. The number of hydrogen-bond donors (Lipinski definition) is 0. The summed E-state index contributed by atoms with van der Waals surface area (Å²) in [6, 6.07) is 17.4. The number of aromatic nitrogens is 2. The summed E-state index contributed by atoms with van der Waals surface area (Å²) >= 11 is 0. The summed E-state index contributed by atoms with van der Waals surface area (Å²) < 4.78 is 12.2. The van der Waals surface area contributed by atoms with E-state index >= 15 is 0 Å². The lowest BCUT2D eigenvalue weighted by Gasteiger charge is -2.17. The summed E-state index contributed by atoms with van der Waals surface area (Å²) in [5, 5.41) is 4.47. The molecule has 2 aromatic carbocycles. The van der Waals surface area contributed by atoms with E-state index in [-0.39, 0.29) is 12.5 Å². The van der Waals surface area contributed by atoms with Crippen LogP contribution in [0.3, 0.4) is 0 Å². The van der Waals surface area contributed by atoms with E-state index in [1.807, 2.05) is 61.5 Å². The molecule has 0 N–H and O–H groups in total. The van der Waals surface area contributed by atoms with Crippen molar-refractivity contribution in [2.75, 3.05) is 20.8 Å². The van der Waals surface area contributed by atoms with E-state index in [9.17, 15) is 9.59 Å². The summed E-state index contributed by atoms with van der Waals surface area (Å²) in [6.07, 6.45) is 0. The third-order valence-electron chi connectivity index (χ3n) is 5.09. The maximum absolute atomic E-state index is 12.6. The van der Waals surface area contributed by atoms with Crippen molar-refractivity contribution in [3.8, 4) is 5.75 Å². The Balaban J connectivity index is 1.58. The summed E-state index contributed by atoms with van der Waals surface area (Å²) in [6.45, 7) is 4.24. The van der Waals surface area contributed by atoms with E-state index in [0.717, 1.165) is 16.9 Å². The normalized spacial score (nSPS) is 10.6. The largest absolute Gasteiger partial charge is 0.497 e. The number of aryl methyl sites for hydroxylation is 1. The summed E-state index contributed by atoms with van der Waals surface area (Å²) in [4.78, 5) is 26.6. The van der Waals surface area contributed by atoms with Gasteiger partial charge >= 0.3 is 5.97 Å². The standard InChI is InChI=1S/C24H27N3O4/c1-17-23(18(2)27(25-17)15-19-8-6-5-7-9-19)24(29)31-16-22(28)26(3)14-20-10-12-21(30-4)13-11-20/h5-13H,14-16H2,1-4H3. The average Bonchev–Trinajstić information content (AvgIpc) is 3.05. The molecule has 1 amide bonds. The molecule has 0 spiro atoms. The van der Waals surface area contributed by atoms with Gasteiger partial charge in [0.1, 0.15) is 11.3 Å². The molecular weight excluding hydrogens is 394 g/mol. The first-order valence-electron chi connectivity index (χ1n) is 10.0. The highest BCUT2D eigenvalue weighted by Crippen LogP contribution is 2.17.